The fourth-order valence-electron chi connectivity index (χ4n) is 2.56. The van der Waals surface area contributed by atoms with E-state index in [9.17, 15) is 24.4 Å². The third-order valence-corrected chi connectivity index (χ3v) is 4.18. The van der Waals surface area contributed by atoms with Crippen LogP contribution in [0.4, 0.5) is 5.82 Å². The van der Waals surface area contributed by atoms with E-state index in [1.165, 1.54) is 0 Å². The Bertz CT molecular complexity index is 746. The van der Waals surface area contributed by atoms with Gasteiger partial charge in [0, 0.05) is 0 Å². The van der Waals surface area contributed by atoms with E-state index in [0.717, 1.165) is 10.9 Å². The lowest BCUT2D eigenvalue weighted by molar-refractivity contribution is -0.115. The Morgan fingerprint density at radius 2 is 2.08 bits per heavy atom. The number of fused-ring (bicyclic) bond motifs is 1. The van der Waals surface area contributed by atoms with Crippen LogP contribution in [0.1, 0.15) is 16.7 Å². The summed E-state index contributed by atoms with van der Waals surface area (Å²) in [4.78, 5) is 44.9. The van der Waals surface area contributed by atoms with E-state index in [2.05, 4.69) is 20.1 Å². The molecule has 0 aromatic carbocycles. The van der Waals surface area contributed by atoms with Crippen molar-refractivity contribution < 1.29 is 43.4 Å². The zero-order chi connectivity index (χ0) is 18.4. The van der Waals surface area contributed by atoms with Crippen molar-refractivity contribution in [3.8, 4) is 0 Å². The van der Waals surface area contributed by atoms with Crippen molar-refractivity contribution in [1.82, 2.24) is 14.9 Å². The summed E-state index contributed by atoms with van der Waals surface area (Å²) in [7, 11) is -4.79. The molecular weight excluding hydrogens is 363 g/mol. The molecule has 3 rings (SSSR count). The number of hydrogen-bond donors (Lipinski definition) is 6. The monoisotopic (exact) mass is 378 g/mol. The minimum Gasteiger partial charge on any atom is -0.387 e. The van der Waals surface area contributed by atoms with Crippen LogP contribution in [-0.2, 0) is 18.6 Å². The number of anilines is 1. The maximum atomic E-state index is 12.1. The Morgan fingerprint density at radius 1 is 1.36 bits per heavy atom. The van der Waals surface area contributed by atoms with Gasteiger partial charge in [-0.3, -0.25) is 18.7 Å². The lowest BCUT2D eigenvalue weighted by atomic mass is 10.1. The second-order valence-corrected chi connectivity index (χ2v) is 6.65. The molecule has 0 bridgehead atoms. The van der Waals surface area contributed by atoms with E-state index in [0.29, 0.717) is 0 Å². The first-order valence-electron chi connectivity index (χ1n) is 7.04. The highest BCUT2D eigenvalue weighted by atomic mass is 31.2. The summed E-state index contributed by atoms with van der Waals surface area (Å²) < 4.78 is 21.5. The third-order valence-electron chi connectivity index (χ3n) is 3.69. The molecule has 1 saturated heterocycles. The largest absolute Gasteiger partial charge is 0.469 e. The number of phosphoric ester groups is 1. The predicted octanol–water partition coefficient (Wildman–Crippen LogP) is -2.71. The van der Waals surface area contributed by atoms with Gasteiger partial charge in [0.05, 0.1) is 19.5 Å². The maximum absolute atomic E-state index is 12.1. The summed E-state index contributed by atoms with van der Waals surface area (Å²) in [6, 6.07) is 0. The Morgan fingerprint density at radius 3 is 2.76 bits per heavy atom. The molecule has 13 nitrogen and oxygen atoms in total. The van der Waals surface area contributed by atoms with Crippen LogP contribution in [0.5, 0.6) is 0 Å². The van der Waals surface area contributed by atoms with Crippen LogP contribution in [0.25, 0.3) is 0 Å². The summed E-state index contributed by atoms with van der Waals surface area (Å²) in [5.41, 5.74) is -0.0985. The minimum atomic E-state index is -4.79. The van der Waals surface area contributed by atoms with Gasteiger partial charge in [-0.25, -0.2) is 9.55 Å². The molecule has 14 heteroatoms. The topological polar surface area (TPSA) is 192 Å². The van der Waals surface area contributed by atoms with Gasteiger partial charge in [0.1, 0.15) is 18.3 Å². The molecule has 1 aromatic rings. The molecule has 0 saturated carbocycles. The maximum Gasteiger partial charge on any atom is 0.469 e. The second-order valence-electron chi connectivity index (χ2n) is 5.41. The van der Waals surface area contributed by atoms with Gasteiger partial charge in [0.25, 0.3) is 5.91 Å². The van der Waals surface area contributed by atoms with E-state index in [4.69, 9.17) is 14.5 Å². The molecule has 2 aliphatic rings. The molecule has 2 aliphatic heterocycles. The SMILES string of the molecule is O=C1CNC(=O)c2c(ncn2[C@@H]2O[C@H](COP(=O)(O)O)[C@@H](O)[C@H]2O)N1. The Balaban J connectivity index is 1.84. The van der Waals surface area contributed by atoms with Gasteiger partial charge in [0.15, 0.2) is 17.7 Å². The molecule has 138 valence electrons. The first-order valence-corrected chi connectivity index (χ1v) is 8.57. The Kier molecular flexibility index (Phi) is 4.64. The predicted molar refractivity (Wildman–Crippen MR) is 77.1 cm³/mol. The smallest absolute Gasteiger partial charge is 0.387 e. The number of carbonyl (C=O) groups is 2. The third kappa shape index (κ3) is 3.57. The number of ether oxygens (including phenoxy) is 1. The van der Waals surface area contributed by atoms with Gasteiger partial charge in [-0.05, 0) is 0 Å². The number of imidazole rings is 1. The molecule has 6 N–H and O–H groups in total. The Labute approximate surface area is 139 Å². The number of aliphatic hydroxyl groups excluding tert-OH is 2. The number of aliphatic hydroxyl groups is 2. The van der Waals surface area contributed by atoms with Crippen LogP contribution >= 0.6 is 7.82 Å². The quantitative estimate of drug-likeness (QED) is 0.300. The highest BCUT2D eigenvalue weighted by molar-refractivity contribution is 7.46. The summed E-state index contributed by atoms with van der Waals surface area (Å²) in [6.45, 7) is -0.941. The summed E-state index contributed by atoms with van der Waals surface area (Å²) >= 11 is 0. The lowest BCUT2D eigenvalue weighted by Crippen LogP contribution is -2.34. The van der Waals surface area contributed by atoms with E-state index in [1.807, 2.05) is 0 Å². The molecule has 3 heterocycles. The number of hydrogen-bond acceptors (Lipinski definition) is 8. The van der Waals surface area contributed by atoms with Crippen LogP contribution < -0.4 is 10.6 Å². The number of amides is 2. The summed E-state index contributed by atoms with van der Waals surface area (Å²) in [5.74, 6) is -1.18. The van der Waals surface area contributed by atoms with Crippen LogP contribution in [0.3, 0.4) is 0 Å². The standard InChI is InChI=1S/C11H15N4O9P/c16-5-1-12-10(19)6-9(14-5)13-3-15(6)11-8(18)7(17)4(24-11)2-23-25(20,21)22/h3-4,7-8,11,17-18H,1-2H2,(H,12,19)(H,14,16)(H2,20,21,22)/t4-,7-,8-,11-/m1/s1. The fraction of sp³-hybridized carbons (Fsp3) is 0.545. The van der Waals surface area contributed by atoms with Crippen LogP contribution in [-0.4, -0.2) is 72.8 Å². The normalized spacial score (nSPS) is 29.8. The second kappa shape index (κ2) is 6.46. The van der Waals surface area contributed by atoms with Crippen molar-refractivity contribution in [3.05, 3.63) is 12.0 Å². The molecule has 0 unspecified atom stereocenters. The number of carbonyl (C=O) groups excluding carboxylic acids is 2. The number of nitrogens with zero attached hydrogens (tertiary/aromatic N) is 2. The van der Waals surface area contributed by atoms with Gasteiger partial charge >= 0.3 is 7.82 Å². The van der Waals surface area contributed by atoms with Crippen LogP contribution in [0, 0.1) is 0 Å². The number of nitrogens with one attached hydrogen (secondary N) is 2. The molecule has 0 radical (unpaired) electrons. The first kappa shape index (κ1) is 17.9. The summed E-state index contributed by atoms with van der Waals surface area (Å²) in [6.07, 6.45) is -4.47. The van der Waals surface area contributed by atoms with Crippen molar-refractivity contribution >= 4 is 25.5 Å². The van der Waals surface area contributed by atoms with E-state index in [-0.39, 0.29) is 18.1 Å². The lowest BCUT2D eigenvalue weighted by Gasteiger charge is -2.18. The van der Waals surface area contributed by atoms with E-state index >= 15 is 0 Å². The van der Waals surface area contributed by atoms with E-state index in [1.54, 1.807) is 0 Å². The van der Waals surface area contributed by atoms with Crippen LogP contribution in [0.2, 0.25) is 0 Å². The molecular formula is C11H15N4O9P. The fourth-order valence-corrected chi connectivity index (χ4v) is 2.90. The van der Waals surface area contributed by atoms with Gasteiger partial charge in [-0.15, -0.1) is 0 Å². The van der Waals surface area contributed by atoms with Crippen molar-refractivity contribution in [3.63, 3.8) is 0 Å². The number of phosphoric acid groups is 1. The van der Waals surface area contributed by atoms with Gasteiger partial charge in [0.2, 0.25) is 5.91 Å². The van der Waals surface area contributed by atoms with Crippen molar-refractivity contribution in [2.75, 3.05) is 18.5 Å². The van der Waals surface area contributed by atoms with Crippen LogP contribution in [0.15, 0.2) is 6.33 Å². The summed E-state index contributed by atoms with van der Waals surface area (Å²) in [5, 5.41) is 24.9. The molecule has 1 fully saturated rings. The Hall–Kier alpha value is -1.86. The van der Waals surface area contributed by atoms with Gasteiger partial charge < -0.3 is 35.4 Å². The molecule has 0 aliphatic carbocycles. The first-order chi connectivity index (χ1) is 11.7. The average Bonchev–Trinajstić information content (AvgIpc) is 3.00. The molecule has 1 aromatic heterocycles. The van der Waals surface area contributed by atoms with Gasteiger partial charge in [-0.1, -0.05) is 0 Å². The molecule has 25 heavy (non-hydrogen) atoms. The molecule has 2 amide bonds. The van der Waals surface area contributed by atoms with Crippen molar-refractivity contribution in [1.29, 1.82) is 0 Å². The van der Waals surface area contributed by atoms with Crippen molar-refractivity contribution in [2.45, 2.75) is 24.5 Å². The molecule has 4 atom stereocenters. The van der Waals surface area contributed by atoms with Gasteiger partial charge in [-0.2, -0.15) is 0 Å². The number of aromatic nitrogens is 2. The average molecular weight is 378 g/mol. The highest BCUT2D eigenvalue weighted by Gasteiger charge is 2.46. The minimum absolute atomic E-state index is 0.0415. The zero-order valence-electron chi connectivity index (χ0n) is 12.5. The van der Waals surface area contributed by atoms with Crippen molar-refractivity contribution in [2.24, 2.45) is 0 Å². The highest BCUT2D eigenvalue weighted by Crippen LogP contribution is 2.39. The van der Waals surface area contributed by atoms with E-state index < -0.39 is 50.8 Å². The number of rotatable bonds is 4. The molecule has 0 spiro atoms. The zero-order valence-corrected chi connectivity index (χ0v) is 13.4.